The number of benzene rings is 1. The number of carbonyl (C=O) groups is 2. The quantitative estimate of drug-likeness (QED) is 0.715. The molecule has 0 radical (unpaired) electrons. The molecule has 0 bridgehead atoms. The molecule has 6 nitrogen and oxygen atoms in total. The highest BCUT2D eigenvalue weighted by Crippen LogP contribution is 2.48. The van der Waals surface area contributed by atoms with Crippen LogP contribution >= 0.6 is 11.6 Å². The SMILES string of the molecule is COC(=O)C1=C(C(=O)OC)N(c2cc(OC)c(Cl)cc2C2CC2)C=CC=C1. The molecule has 27 heavy (non-hydrogen) atoms. The number of allylic oxidation sites excluding steroid dienone is 2. The lowest BCUT2D eigenvalue weighted by Gasteiger charge is -2.26. The molecule has 2 aliphatic rings. The smallest absolute Gasteiger partial charge is 0.355 e. The van der Waals surface area contributed by atoms with E-state index in [2.05, 4.69) is 0 Å². The number of carbonyl (C=O) groups excluding carboxylic acids is 2. The van der Waals surface area contributed by atoms with E-state index in [1.165, 1.54) is 27.4 Å². The number of rotatable bonds is 5. The van der Waals surface area contributed by atoms with Gasteiger partial charge in [0.15, 0.2) is 0 Å². The molecule has 0 unspecified atom stereocenters. The van der Waals surface area contributed by atoms with Crippen LogP contribution in [0.3, 0.4) is 0 Å². The molecule has 0 amide bonds. The van der Waals surface area contributed by atoms with Gasteiger partial charge < -0.3 is 19.1 Å². The Labute approximate surface area is 162 Å². The van der Waals surface area contributed by atoms with Gasteiger partial charge in [0.1, 0.15) is 11.4 Å². The number of anilines is 1. The molecular formula is C20H20ClNO5. The molecule has 1 saturated carbocycles. The summed E-state index contributed by atoms with van der Waals surface area (Å²) in [6.07, 6.45) is 8.70. The zero-order valence-electron chi connectivity index (χ0n) is 15.3. The van der Waals surface area contributed by atoms with E-state index in [1.807, 2.05) is 6.07 Å². The van der Waals surface area contributed by atoms with Gasteiger partial charge in [0.25, 0.3) is 0 Å². The molecular weight excluding hydrogens is 370 g/mol. The summed E-state index contributed by atoms with van der Waals surface area (Å²) < 4.78 is 15.2. The molecule has 1 aliphatic heterocycles. The van der Waals surface area contributed by atoms with Gasteiger partial charge in [0.05, 0.1) is 37.6 Å². The normalized spacial score (nSPS) is 16.2. The van der Waals surface area contributed by atoms with Gasteiger partial charge in [-0.1, -0.05) is 17.7 Å². The highest BCUT2D eigenvalue weighted by atomic mass is 35.5. The highest BCUT2D eigenvalue weighted by Gasteiger charge is 2.33. The zero-order chi connectivity index (χ0) is 19.6. The fourth-order valence-electron chi connectivity index (χ4n) is 3.00. The molecule has 1 aliphatic carbocycles. The molecule has 0 atom stereocenters. The predicted molar refractivity (Wildman–Crippen MR) is 102 cm³/mol. The minimum atomic E-state index is -0.651. The summed E-state index contributed by atoms with van der Waals surface area (Å²) in [7, 11) is 4.06. The summed E-state index contributed by atoms with van der Waals surface area (Å²) >= 11 is 6.32. The first kappa shape index (κ1) is 19.0. The van der Waals surface area contributed by atoms with Crippen molar-refractivity contribution in [2.45, 2.75) is 18.8 Å². The molecule has 0 aromatic heterocycles. The molecule has 1 heterocycles. The van der Waals surface area contributed by atoms with Crippen molar-refractivity contribution in [2.75, 3.05) is 26.2 Å². The average molecular weight is 390 g/mol. The highest BCUT2D eigenvalue weighted by molar-refractivity contribution is 6.32. The van der Waals surface area contributed by atoms with Gasteiger partial charge in [-0.05, 0) is 42.5 Å². The average Bonchev–Trinajstić information content (AvgIpc) is 3.52. The van der Waals surface area contributed by atoms with Crippen molar-refractivity contribution in [2.24, 2.45) is 0 Å². The number of hydrogen-bond donors (Lipinski definition) is 0. The van der Waals surface area contributed by atoms with Crippen LogP contribution in [-0.4, -0.2) is 33.3 Å². The molecule has 0 spiro atoms. The van der Waals surface area contributed by atoms with E-state index in [-0.39, 0.29) is 11.3 Å². The minimum Gasteiger partial charge on any atom is -0.495 e. The van der Waals surface area contributed by atoms with E-state index in [1.54, 1.807) is 29.3 Å². The number of hydrogen-bond acceptors (Lipinski definition) is 6. The molecule has 142 valence electrons. The Kier molecular flexibility index (Phi) is 5.56. The van der Waals surface area contributed by atoms with Crippen molar-refractivity contribution < 1.29 is 23.8 Å². The van der Waals surface area contributed by atoms with Crippen molar-refractivity contribution in [3.05, 3.63) is 58.4 Å². The maximum atomic E-state index is 12.6. The summed E-state index contributed by atoms with van der Waals surface area (Å²) in [6, 6.07) is 3.62. The summed E-state index contributed by atoms with van der Waals surface area (Å²) in [5.41, 5.74) is 1.86. The summed E-state index contributed by atoms with van der Waals surface area (Å²) in [4.78, 5) is 26.5. The molecule has 0 N–H and O–H groups in total. The maximum absolute atomic E-state index is 12.6. The molecule has 1 fully saturated rings. The van der Waals surface area contributed by atoms with Crippen molar-refractivity contribution in [1.82, 2.24) is 0 Å². The largest absolute Gasteiger partial charge is 0.495 e. The van der Waals surface area contributed by atoms with E-state index in [0.29, 0.717) is 22.4 Å². The molecule has 7 heteroatoms. The predicted octanol–water partition coefficient (Wildman–Crippen LogP) is 3.72. The van der Waals surface area contributed by atoms with Gasteiger partial charge in [-0.2, -0.15) is 0 Å². The van der Waals surface area contributed by atoms with E-state index in [0.717, 1.165) is 18.4 Å². The van der Waals surface area contributed by atoms with Gasteiger partial charge in [-0.3, -0.25) is 0 Å². The van der Waals surface area contributed by atoms with Crippen molar-refractivity contribution in [3.8, 4) is 5.75 Å². The molecule has 0 saturated heterocycles. The zero-order valence-corrected chi connectivity index (χ0v) is 16.1. The van der Waals surface area contributed by atoms with Crippen LogP contribution in [0.25, 0.3) is 0 Å². The van der Waals surface area contributed by atoms with Crippen LogP contribution in [0.2, 0.25) is 5.02 Å². The molecule has 1 aromatic rings. The first-order valence-corrected chi connectivity index (χ1v) is 8.82. The Balaban J connectivity index is 2.24. The first-order chi connectivity index (χ1) is 13.0. The third kappa shape index (κ3) is 3.71. The number of ether oxygens (including phenoxy) is 3. The Morgan fingerprint density at radius 3 is 2.37 bits per heavy atom. The first-order valence-electron chi connectivity index (χ1n) is 8.44. The van der Waals surface area contributed by atoms with Crippen LogP contribution in [0, 0.1) is 0 Å². The Bertz CT molecular complexity index is 867. The van der Waals surface area contributed by atoms with Gasteiger partial charge in [0.2, 0.25) is 0 Å². The van der Waals surface area contributed by atoms with Crippen molar-refractivity contribution >= 4 is 29.2 Å². The summed E-state index contributed by atoms with van der Waals surface area (Å²) in [6.45, 7) is 0. The standard InChI is InChI=1S/C20H20ClNO5/c1-25-17-11-16(14(10-15(17)21)12-7-8-12)22-9-5-4-6-13(19(23)26-2)18(22)20(24)27-3/h4-6,9-12H,7-8H2,1-3H3. The summed E-state index contributed by atoms with van der Waals surface area (Å²) in [5, 5.41) is 0.497. The van der Waals surface area contributed by atoms with Crippen LogP contribution < -0.4 is 9.64 Å². The van der Waals surface area contributed by atoms with Crippen LogP contribution in [0.15, 0.2) is 47.8 Å². The van der Waals surface area contributed by atoms with Crippen LogP contribution in [-0.2, 0) is 19.1 Å². The van der Waals surface area contributed by atoms with Gasteiger partial charge in [-0.25, -0.2) is 9.59 Å². The lowest BCUT2D eigenvalue weighted by molar-refractivity contribution is -0.139. The second kappa shape index (κ2) is 7.88. The van der Waals surface area contributed by atoms with E-state index in [9.17, 15) is 9.59 Å². The van der Waals surface area contributed by atoms with Crippen molar-refractivity contribution in [3.63, 3.8) is 0 Å². The van der Waals surface area contributed by atoms with E-state index in [4.69, 9.17) is 25.8 Å². The maximum Gasteiger partial charge on any atom is 0.355 e. The second-order valence-electron chi connectivity index (χ2n) is 6.14. The monoisotopic (exact) mass is 389 g/mol. The van der Waals surface area contributed by atoms with Crippen molar-refractivity contribution in [1.29, 1.82) is 0 Å². The minimum absolute atomic E-state index is 0.0700. The third-order valence-electron chi connectivity index (χ3n) is 4.47. The lowest BCUT2D eigenvalue weighted by Crippen LogP contribution is -2.27. The Morgan fingerprint density at radius 1 is 1.07 bits per heavy atom. The molecule has 3 rings (SSSR count). The molecule has 1 aromatic carbocycles. The van der Waals surface area contributed by atoms with E-state index < -0.39 is 11.9 Å². The third-order valence-corrected chi connectivity index (χ3v) is 4.76. The Hall–Kier alpha value is -2.73. The summed E-state index contributed by atoms with van der Waals surface area (Å²) in [5.74, 6) is -0.462. The fourth-order valence-corrected chi connectivity index (χ4v) is 3.24. The van der Waals surface area contributed by atoms with Crippen LogP contribution in [0.5, 0.6) is 5.75 Å². The second-order valence-corrected chi connectivity index (χ2v) is 6.54. The van der Waals surface area contributed by atoms with Gasteiger partial charge in [-0.15, -0.1) is 0 Å². The number of nitrogens with zero attached hydrogens (tertiary/aromatic N) is 1. The number of esters is 2. The fraction of sp³-hybridized carbons (Fsp3) is 0.300. The topological polar surface area (TPSA) is 65.1 Å². The van der Waals surface area contributed by atoms with Crippen LogP contribution in [0.1, 0.15) is 24.3 Å². The van der Waals surface area contributed by atoms with E-state index >= 15 is 0 Å². The van der Waals surface area contributed by atoms with Crippen LogP contribution in [0.4, 0.5) is 5.69 Å². The number of halogens is 1. The Morgan fingerprint density at radius 2 is 1.78 bits per heavy atom. The van der Waals surface area contributed by atoms with Gasteiger partial charge >= 0.3 is 11.9 Å². The van der Waals surface area contributed by atoms with Gasteiger partial charge in [0, 0.05) is 12.3 Å². The number of methoxy groups -OCH3 is 3. The lowest BCUT2D eigenvalue weighted by atomic mass is 10.0.